The first kappa shape index (κ1) is 15.3. The van der Waals surface area contributed by atoms with E-state index in [0.29, 0.717) is 0 Å². The van der Waals surface area contributed by atoms with Crippen LogP contribution in [0.5, 0.6) is 5.75 Å². The fourth-order valence-electron chi connectivity index (χ4n) is 2.67. The summed E-state index contributed by atoms with van der Waals surface area (Å²) in [5.41, 5.74) is 8.78. The summed E-state index contributed by atoms with van der Waals surface area (Å²) in [5.74, 6) is 1.77. The summed E-state index contributed by atoms with van der Waals surface area (Å²) in [7, 11) is 1.67. The Bertz CT molecular complexity index is 735. The topological polar surface area (TPSA) is 53.1 Å². The van der Waals surface area contributed by atoms with Crippen molar-refractivity contribution in [3.05, 3.63) is 83.9 Å². The lowest BCUT2D eigenvalue weighted by molar-refractivity contribution is 0.414. The van der Waals surface area contributed by atoms with Gasteiger partial charge in [0.15, 0.2) is 0 Å². The lowest BCUT2D eigenvalue weighted by Gasteiger charge is -2.14. The van der Waals surface area contributed by atoms with E-state index in [1.807, 2.05) is 42.7 Å². The zero-order valence-corrected chi connectivity index (χ0v) is 13.2. The number of ether oxygens (including phenoxy) is 1. The number of aromatic nitrogens is 2. The molecule has 1 heterocycles. The first-order valence-corrected chi connectivity index (χ1v) is 7.69. The van der Waals surface area contributed by atoms with Crippen LogP contribution in [0.15, 0.2) is 67.0 Å². The van der Waals surface area contributed by atoms with Gasteiger partial charge >= 0.3 is 0 Å². The highest BCUT2D eigenvalue weighted by atomic mass is 16.5. The van der Waals surface area contributed by atoms with Gasteiger partial charge in [-0.05, 0) is 29.7 Å². The fourth-order valence-corrected chi connectivity index (χ4v) is 2.67. The van der Waals surface area contributed by atoms with E-state index in [0.717, 1.165) is 24.5 Å². The molecular weight excluding hydrogens is 286 g/mol. The lowest BCUT2D eigenvalue weighted by Crippen LogP contribution is -2.19. The van der Waals surface area contributed by atoms with Crippen molar-refractivity contribution in [2.24, 2.45) is 5.73 Å². The monoisotopic (exact) mass is 307 g/mol. The number of benzene rings is 2. The van der Waals surface area contributed by atoms with Crippen molar-refractivity contribution in [3.63, 3.8) is 0 Å². The van der Waals surface area contributed by atoms with Crippen LogP contribution in [0, 0.1) is 0 Å². The van der Waals surface area contributed by atoms with Crippen molar-refractivity contribution in [1.29, 1.82) is 0 Å². The highest BCUT2D eigenvalue weighted by Gasteiger charge is 2.13. The van der Waals surface area contributed by atoms with Gasteiger partial charge in [-0.1, -0.05) is 42.5 Å². The fraction of sp³-hybridized carbons (Fsp3) is 0.211. The number of rotatable bonds is 6. The minimum Gasteiger partial charge on any atom is -0.497 e. The zero-order chi connectivity index (χ0) is 16.1. The van der Waals surface area contributed by atoms with Crippen LogP contribution in [0.2, 0.25) is 0 Å². The standard InChI is InChI=1S/C19H21N3O/c1-23-17-9-7-16(8-10-17)14-22-12-11-21-19(22)18(20)13-15-5-3-2-4-6-15/h2-12,18H,13-14,20H2,1H3/t18-/m0/s1. The molecule has 2 N–H and O–H groups in total. The third kappa shape index (κ3) is 3.79. The summed E-state index contributed by atoms with van der Waals surface area (Å²) >= 11 is 0. The molecule has 0 aliphatic heterocycles. The van der Waals surface area contributed by atoms with Crippen molar-refractivity contribution in [2.75, 3.05) is 7.11 Å². The lowest BCUT2D eigenvalue weighted by atomic mass is 10.1. The molecule has 0 radical (unpaired) electrons. The average molecular weight is 307 g/mol. The molecule has 0 unspecified atom stereocenters. The van der Waals surface area contributed by atoms with Gasteiger partial charge in [0, 0.05) is 18.9 Å². The van der Waals surface area contributed by atoms with Crippen molar-refractivity contribution in [2.45, 2.75) is 19.0 Å². The minimum atomic E-state index is -0.120. The molecule has 2 aromatic carbocycles. The second-order valence-corrected chi connectivity index (χ2v) is 5.56. The molecule has 0 amide bonds. The van der Waals surface area contributed by atoms with Gasteiger partial charge in [0.05, 0.1) is 13.2 Å². The first-order valence-electron chi connectivity index (χ1n) is 7.69. The van der Waals surface area contributed by atoms with Crippen LogP contribution in [0.25, 0.3) is 0 Å². The van der Waals surface area contributed by atoms with E-state index < -0.39 is 0 Å². The summed E-state index contributed by atoms with van der Waals surface area (Å²) in [5, 5.41) is 0. The summed E-state index contributed by atoms with van der Waals surface area (Å²) in [6, 6.07) is 18.2. The van der Waals surface area contributed by atoms with Crippen molar-refractivity contribution in [3.8, 4) is 5.75 Å². The number of nitrogens with zero attached hydrogens (tertiary/aromatic N) is 2. The molecule has 4 heteroatoms. The molecule has 1 aromatic heterocycles. The largest absolute Gasteiger partial charge is 0.497 e. The minimum absolute atomic E-state index is 0.120. The number of methoxy groups -OCH3 is 1. The Morgan fingerprint density at radius 1 is 1.04 bits per heavy atom. The second-order valence-electron chi connectivity index (χ2n) is 5.56. The number of imidazole rings is 1. The van der Waals surface area contributed by atoms with E-state index in [1.54, 1.807) is 7.11 Å². The average Bonchev–Trinajstić information content (AvgIpc) is 3.05. The number of hydrogen-bond acceptors (Lipinski definition) is 3. The third-order valence-electron chi connectivity index (χ3n) is 3.89. The summed E-state index contributed by atoms with van der Waals surface area (Å²) in [4.78, 5) is 4.46. The van der Waals surface area contributed by atoms with E-state index >= 15 is 0 Å². The molecule has 0 saturated heterocycles. The van der Waals surface area contributed by atoms with Gasteiger partial charge in [0.25, 0.3) is 0 Å². The molecule has 4 nitrogen and oxygen atoms in total. The molecule has 1 atom stereocenters. The molecule has 0 fully saturated rings. The van der Waals surface area contributed by atoms with Gasteiger partial charge in [0.2, 0.25) is 0 Å². The number of nitrogens with two attached hydrogens (primary N) is 1. The maximum Gasteiger partial charge on any atom is 0.126 e. The van der Waals surface area contributed by atoms with Crippen LogP contribution in [0.4, 0.5) is 0 Å². The summed E-state index contributed by atoms with van der Waals surface area (Å²) in [6.07, 6.45) is 4.56. The molecule has 0 aliphatic rings. The van der Waals surface area contributed by atoms with E-state index in [9.17, 15) is 0 Å². The second kappa shape index (κ2) is 7.11. The van der Waals surface area contributed by atoms with E-state index in [1.165, 1.54) is 11.1 Å². The van der Waals surface area contributed by atoms with Crippen LogP contribution in [-0.4, -0.2) is 16.7 Å². The van der Waals surface area contributed by atoms with E-state index in [-0.39, 0.29) is 6.04 Å². The Hall–Kier alpha value is -2.59. The molecule has 23 heavy (non-hydrogen) atoms. The summed E-state index contributed by atoms with van der Waals surface area (Å²) < 4.78 is 7.30. The van der Waals surface area contributed by atoms with Crippen molar-refractivity contribution >= 4 is 0 Å². The molecule has 3 aromatic rings. The molecule has 0 aliphatic carbocycles. The smallest absolute Gasteiger partial charge is 0.126 e. The van der Waals surface area contributed by atoms with Crippen LogP contribution in [0.3, 0.4) is 0 Å². The van der Waals surface area contributed by atoms with Gasteiger partial charge in [-0.25, -0.2) is 4.98 Å². The normalized spacial score (nSPS) is 12.1. The molecular formula is C19H21N3O. The first-order chi connectivity index (χ1) is 11.3. The molecule has 3 rings (SSSR count). The maximum absolute atomic E-state index is 6.37. The highest BCUT2D eigenvalue weighted by molar-refractivity contribution is 5.27. The Balaban J connectivity index is 1.73. The predicted octanol–water partition coefficient (Wildman–Crippen LogP) is 3.18. The quantitative estimate of drug-likeness (QED) is 0.761. The maximum atomic E-state index is 6.37. The van der Waals surface area contributed by atoms with Gasteiger partial charge < -0.3 is 15.0 Å². The Labute approximate surface area is 136 Å². The van der Waals surface area contributed by atoms with Gasteiger partial charge in [-0.15, -0.1) is 0 Å². The Morgan fingerprint density at radius 3 is 2.48 bits per heavy atom. The Kier molecular flexibility index (Phi) is 4.74. The zero-order valence-electron chi connectivity index (χ0n) is 13.2. The predicted molar refractivity (Wildman–Crippen MR) is 91.4 cm³/mol. The molecule has 118 valence electrons. The van der Waals surface area contributed by atoms with Crippen molar-refractivity contribution < 1.29 is 4.74 Å². The summed E-state index contributed by atoms with van der Waals surface area (Å²) in [6.45, 7) is 0.752. The van der Waals surface area contributed by atoms with Gasteiger partial charge in [-0.2, -0.15) is 0 Å². The molecule has 0 saturated carbocycles. The van der Waals surface area contributed by atoms with E-state index in [2.05, 4.69) is 33.8 Å². The van der Waals surface area contributed by atoms with E-state index in [4.69, 9.17) is 10.5 Å². The SMILES string of the molecule is COc1ccc(Cn2ccnc2[C@@H](N)Cc2ccccc2)cc1. The van der Waals surface area contributed by atoms with Crippen LogP contribution < -0.4 is 10.5 Å². The van der Waals surface area contributed by atoms with Crippen LogP contribution in [0.1, 0.15) is 23.0 Å². The van der Waals surface area contributed by atoms with Gasteiger partial charge in [-0.3, -0.25) is 0 Å². The third-order valence-corrected chi connectivity index (χ3v) is 3.89. The molecule has 0 bridgehead atoms. The van der Waals surface area contributed by atoms with Gasteiger partial charge in [0.1, 0.15) is 11.6 Å². The Morgan fingerprint density at radius 2 is 1.78 bits per heavy atom. The van der Waals surface area contributed by atoms with Crippen LogP contribution >= 0.6 is 0 Å². The van der Waals surface area contributed by atoms with Crippen LogP contribution in [-0.2, 0) is 13.0 Å². The number of hydrogen-bond donors (Lipinski definition) is 1. The highest BCUT2D eigenvalue weighted by Crippen LogP contribution is 2.17. The molecule has 0 spiro atoms. The van der Waals surface area contributed by atoms with Crippen molar-refractivity contribution in [1.82, 2.24) is 9.55 Å².